The monoisotopic (exact) mass is 280 g/mol. The van der Waals surface area contributed by atoms with E-state index in [-0.39, 0.29) is 0 Å². The van der Waals surface area contributed by atoms with Crippen LogP contribution in [0.4, 0.5) is 0 Å². The smallest absolute Gasteiger partial charge is 0.194 e. The number of nitrogens with zero attached hydrogens (tertiary/aromatic N) is 1. The summed E-state index contributed by atoms with van der Waals surface area (Å²) in [5, 5.41) is 5.37. The minimum atomic E-state index is 0.524. The van der Waals surface area contributed by atoms with Gasteiger partial charge in [0.2, 0.25) is 0 Å². The van der Waals surface area contributed by atoms with Gasteiger partial charge in [-0.15, -0.1) is 11.3 Å². The van der Waals surface area contributed by atoms with Gasteiger partial charge in [-0.3, -0.25) is 0 Å². The van der Waals surface area contributed by atoms with E-state index < -0.39 is 0 Å². The quantitative estimate of drug-likeness (QED) is 0.790. The SMILES string of the molecule is COc1ccsc1-c1cnc(CCCNC(C)C)o1. The molecule has 4 nitrogen and oxygen atoms in total. The first kappa shape index (κ1) is 14.1. The van der Waals surface area contributed by atoms with Crippen molar-refractivity contribution < 1.29 is 9.15 Å². The highest BCUT2D eigenvalue weighted by molar-refractivity contribution is 7.13. The van der Waals surface area contributed by atoms with Gasteiger partial charge in [0.1, 0.15) is 10.6 Å². The molecule has 0 atom stereocenters. The van der Waals surface area contributed by atoms with Crippen molar-refractivity contribution in [1.82, 2.24) is 10.3 Å². The molecule has 0 aromatic carbocycles. The van der Waals surface area contributed by atoms with Crippen molar-refractivity contribution in [3.05, 3.63) is 23.5 Å². The third kappa shape index (κ3) is 3.81. The molecule has 2 aromatic heterocycles. The number of hydrogen-bond acceptors (Lipinski definition) is 5. The molecular formula is C14H20N2O2S. The molecule has 0 fully saturated rings. The van der Waals surface area contributed by atoms with Crippen LogP contribution in [0, 0.1) is 0 Å². The number of hydrogen-bond donors (Lipinski definition) is 1. The number of rotatable bonds is 7. The van der Waals surface area contributed by atoms with E-state index in [9.17, 15) is 0 Å². The third-order valence-corrected chi connectivity index (χ3v) is 3.66. The summed E-state index contributed by atoms with van der Waals surface area (Å²) < 4.78 is 11.1. The molecule has 2 aromatic rings. The van der Waals surface area contributed by atoms with Gasteiger partial charge in [-0.2, -0.15) is 0 Å². The topological polar surface area (TPSA) is 47.3 Å². The highest BCUT2D eigenvalue weighted by Gasteiger charge is 2.12. The van der Waals surface area contributed by atoms with E-state index >= 15 is 0 Å². The van der Waals surface area contributed by atoms with Gasteiger partial charge in [0.25, 0.3) is 0 Å². The van der Waals surface area contributed by atoms with Crippen LogP contribution in [-0.4, -0.2) is 24.7 Å². The summed E-state index contributed by atoms with van der Waals surface area (Å²) in [6.45, 7) is 5.27. The molecule has 0 unspecified atom stereocenters. The fourth-order valence-electron chi connectivity index (χ4n) is 1.80. The van der Waals surface area contributed by atoms with Crippen molar-refractivity contribution in [3.8, 4) is 16.4 Å². The van der Waals surface area contributed by atoms with Gasteiger partial charge >= 0.3 is 0 Å². The number of aromatic nitrogens is 1. The largest absolute Gasteiger partial charge is 0.495 e. The molecule has 0 saturated carbocycles. The maximum Gasteiger partial charge on any atom is 0.194 e. The van der Waals surface area contributed by atoms with Crippen LogP contribution in [0.5, 0.6) is 5.75 Å². The predicted octanol–water partition coefficient (Wildman–Crippen LogP) is 3.34. The summed E-state index contributed by atoms with van der Waals surface area (Å²) in [5.41, 5.74) is 0. The first-order chi connectivity index (χ1) is 9.20. The molecule has 104 valence electrons. The van der Waals surface area contributed by atoms with Crippen molar-refractivity contribution in [2.45, 2.75) is 32.7 Å². The van der Waals surface area contributed by atoms with Crippen molar-refractivity contribution in [2.75, 3.05) is 13.7 Å². The van der Waals surface area contributed by atoms with E-state index in [1.807, 2.05) is 11.4 Å². The highest BCUT2D eigenvalue weighted by Crippen LogP contribution is 2.35. The lowest BCUT2D eigenvalue weighted by atomic mass is 10.3. The molecule has 0 amide bonds. The van der Waals surface area contributed by atoms with E-state index in [4.69, 9.17) is 9.15 Å². The average Bonchev–Trinajstić information content (AvgIpc) is 3.02. The first-order valence-corrected chi connectivity index (χ1v) is 7.38. The first-order valence-electron chi connectivity index (χ1n) is 6.50. The Hall–Kier alpha value is -1.33. The fourth-order valence-corrected chi connectivity index (χ4v) is 2.60. The molecule has 0 spiro atoms. The minimum Gasteiger partial charge on any atom is -0.495 e. The van der Waals surface area contributed by atoms with Gasteiger partial charge < -0.3 is 14.5 Å². The molecule has 0 aliphatic carbocycles. The van der Waals surface area contributed by atoms with Gasteiger partial charge in [-0.05, 0) is 24.4 Å². The van der Waals surface area contributed by atoms with Crippen LogP contribution in [-0.2, 0) is 6.42 Å². The second kappa shape index (κ2) is 6.73. The number of aryl methyl sites for hydroxylation is 1. The molecule has 1 N–H and O–H groups in total. The Morgan fingerprint density at radius 3 is 3.05 bits per heavy atom. The van der Waals surface area contributed by atoms with Gasteiger partial charge in [0.15, 0.2) is 11.7 Å². The summed E-state index contributed by atoms with van der Waals surface area (Å²) in [4.78, 5) is 5.32. The number of ether oxygens (including phenoxy) is 1. The Balaban J connectivity index is 1.92. The number of thiophene rings is 1. The normalized spacial score (nSPS) is 11.2. The second-order valence-corrected chi connectivity index (χ2v) is 5.56. The Bertz CT molecular complexity index is 505. The van der Waals surface area contributed by atoms with Gasteiger partial charge in [-0.25, -0.2) is 4.98 Å². The molecule has 0 aliphatic heterocycles. The maximum atomic E-state index is 5.77. The van der Waals surface area contributed by atoms with E-state index in [1.54, 1.807) is 24.6 Å². The van der Waals surface area contributed by atoms with Crippen LogP contribution in [0.2, 0.25) is 0 Å². The zero-order chi connectivity index (χ0) is 13.7. The molecule has 0 saturated heterocycles. The molecule has 2 heterocycles. The number of nitrogens with one attached hydrogen (secondary N) is 1. The lowest BCUT2D eigenvalue weighted by Crippen LogP contribution is -2.23. The van der Waals surface area contributed by atoms with Crippen molar-refractivity contribution in [3.63, 3.8) is 0 Å². The Morgan fingerprint density at radius 2 is 2.32 bits per heavy atom. The van der Waals surface area contributed by atoms with Crippen LogP contribution in [0.15, 0.2) is 22.1 Å². The molecule has 19 heavy (non-hydrogen) atoms. The van der Waals surface area contributed by atoms with Crippen LogP contribution in [0.3, 0.4) is 0 Å². The van der Waals surface area contributed by atoms with Gasteiger partial charge in [-0.1, -0.05) is 13.8 Å². The third-order valence-electron chi connectivity index (χ3n) is 2.75. The summed E-state index contributed by atoms with van der Waals surface area (Å²) in [6, 6.07) is 2.46. The summed E-state index contributed by atoms with van der Waals surface area (Å²) >= 11 is 1.60. The van der Waals surface area contributed by atoms with E-state index in [0.29, 0.717) is 6.04 Å². The number of methoxy groups -OCH3 is 1. The Kier molecular flexibility index (Phi) is 4.99. The second-order valence-electron chi connectivity index (χ2n) is 4.65. The molecule has 5 heteroatoms. The molecule has 0 bridgehead atoms. The van der Waals surface area contributed by atoms with Gasteiger partial charge in [0, 0.05) is 12.5 Å². The summed E-state index contributed by atoms with van der Waals surface area (Å²) in [7, 11) is 1.67. The van der Waals surface area contributed by atoms with Crippen LogP contribution >= 0.6 is 11.3 Å². The summed E-state index contributed by atoms with van der Waals surface area (Å²) in [6.07, 6.45) is 3.66. The standard InChI is InChI=1S/C14H20N2O2S/c1-10(2)15-7-4-5-13-16-9-12(18-13)14-11(17-3)6-8-19-14/h6,8-10,15H,4-5,7H2,1-3H3. The van der Waals surface area contributed by atoms with E-state index in [1.165, 1.54) is 0 Å². The Morgan fingerprint density at radius 1 is 1.47 bits per heavy atom. The van der Waals surface area contributed by atoms with Crippen LogP contribution in [0.25, 0.3) is 10.6 Å². The number of oxazole rings is 1. The zero-order valence-corrected chi connectivity index (χ0v) is 12.4. The Labute approximate surface area is 117 Å². The lowest BCUT2D eigenvalue weighted by molar-refractivity contribution is 0.415. The zero-order valence-electron chi connectivity index (χ0n) is 11.6. The van der Waals surface area contributed by atoms with Crippen molar-refractivity contribution >= 4 is 11.3 Å². The van der Waals surface area contributed by atoms with Crippen LogP contribution < -0.4 is 10.1 Å². The molecule has 0 radical (unpaired) electrons. The van der Waals surface area contributed by atoms with E-state index in [0.717, 1.165) is 41.7 Å². The van der Waals surface area contributed by atoms with E-state index in [2.05, 4.69) is 24.1 Å². The minimum absolute atomic E-state index is 0.524. The lowest BCUT2D eigenvalue weighted by Gasteiger charge is -2.05. The fraction of sp³-hybridized carbons (Fsp3) is 0.500. The molecule has 2 rings (SSSR count). The van der Waals surface area contributed by atoms with Crippen LogP contribution in [0.1, 0.15) is 26.2 Å². The predicted molar refractivity (Wildman–Crippen MR) is 77.8 cm³/mol. The molecular weight excluding hydrogens is 260 g/mol. The average molecular weight is 280 g/mol. The summed E-state index contributed by atoms with van der Waals surface area (Å²) in [5.74, 6) is 2.42. The highest BCUT2D eigenvalue weighted by atomic mass is 32.1. The maximum absolute atomic E-state index is 5.77. The van der Waals surface area contributed by atoms with Crippen molar-refractivity contribution in [1.29, 1.82) is 0 Å². The molecule has 0 aliphatic rings. The van der Waals surface area contributed by atoms with Gasteiger partial charge in [0.05, 0.1) is 13.3 Å². The van der Waals surface area contributed by atoms with Crippen molar-refractivity contribution in [2.24, 2.45) is 0 Å².